The van der Waals surface area contributed by atoms with Gasteiger partial charge in [-0.2, -0.15) is 0 Å². The first-order valence-electron chi connectivity index (χ1n) is 7.01. The van der Waals surface area contributed by atoms with Gasteiger partial charge in [-0.05, 0) is 36.4 Å². The molecule has 1 aromatic heterocycles. The number of rotatable bonds is 2. The van der Waals surface area contributed by atoms with Crippen molar-refractivity contribution in [3.05, 3.63) is 57.8 Å². The van der Waals surface area contributed by atoms with Crippen LogP contribution in [0.2, 0.25) is 0 Å². The molecule has 1 amide bonds. The Kier molecular flexibility index (Phi) is 3.97. The maximum atomic E-state index is 13.9. The van der Waals surface area contributed by atoms with Crippen LogP contribution >= 0.6 is 11.3 Å². The van der Waals surface area contributed by atoms with Gasteiger partial charge in [-0.25, -0.2) is 8.78 Å². The maximum absolute atomic E-state index is 13.9. The fourth-order valence-corrected chi connectivity index (χ4v) is 3.52. The molecule has 116 valence electrons. The number of carbonyl (C=O) groups is 1. The van der Waals surface area contributed by atoms with Gasteiger partial charge in [0.2, 0.25) is 0 Å². The number of amides is 1. The van der Waals surface area contributed by atoms with E-state index in [2.05, 4.69) is 0 Å². The second kappa shape index (κ2) is 5.78. The molecule has 2 heterocycles. The summed E-state index contributed by atoms with van der Waals surface area (Å²) in [5.41, 5.74) is -1.86. The summed E-state index contributed by atoms with van der Waals surface area (Å²) in [6.45, 7) is 0.530. The highest BCUT2D eigenvalue weighted by Crippen LogP contribution is 2.36. The zero-order valence-electron chi connectivity index (χ0n) is 11.8. The van der Waals surface area contributed by atoms with Gasteiger partial charge >= 0.3 is 0 Å². The Morgan fingerprint density at radius 1 is 1.14 bits per heavy atom. The van der Waals surface area contributed by atoms with Crippen LogP contribution in [0.3, 0.4) is 0 Å². The van der Waals surface area contributed by atoms with Gasteiger partial charge in [0.25, 0.3) is 5.91 Å². The third-order valence-electron chi connectivity index (χ3n) is 4.04. The lowest BCUT2D eigenvalue weighted by Gasteiger charge is -2.38. The molecule has 0 bridgehead atoms. The minimum atomic E-state index is -1.57. The largest absolute Gasteiger partial charge is 0.385 e. The Morgan fingerprint density at radius 3 is 2.32 bits per heavy atom. The lowest BCUT2D eigenvalue weighted by atomic mass is 9.83. The molecule has 2 aromatic rings. The van der Waals surface area contributed by atoms with Crippen molar-refractivity contribution in [2.75, 3.05) is 13.1 Å². The van der Waals surface area contributed by atoms with Crippen molar-refractivity contribution in [1.82, 2.24) is 4.90 Å². The molecule has 0 unspecified atom stereocenters. The van der Waals surface area contributed by atoms with Crippen molar-refractivity contribution in [1.29, 1.82) is 0 Å². The standard InChI is InChI=1S/C16H15F2NO2S/c17-11-3-1-4-12(18)14(11)16(21)6-8-19(9-7-16)15(20)13-5-2-10-22-13/h1-5,10,21H,6-9H2. The van der Waals surface area contributed by atoms with Crippen LogP contribution in [0.15, 0.2) is 35.7 Å². The van der Waals surface area contributed by atoms with Crippen LogP contribution in [0.5, 0.6) is 0 Å². The molecule has 1 fully saturated rings. The molecule has 0 saturated carbocycles. The van der Waals surface area contributed by atoms with E-state index >= 15 is 0 Å². The third-order valence-corrected chi connectivity index (χ3v) is 4.90. The highest BCUT2D eigenvalue weighted by molar-refractivity contribution is 7.12. The van der Waals surface area contributed by atoms with Gasteiger partial charge in [0.15, 0.2) is 0 Å². The van der Waals surface area contributed by atoms with Crippen molar-refractivity contribution < 1.29 is 18.7 Å². The first kappa shape index (κ1) is 15.1. The molecule has 1 aliphatic heterocycles. The molecule has 1 aromatic carbocycles. The average Bonchev–Trinajstić information content (AvgIpc) is 3.01. The van der Waals surface area contributed by atoms with Gasteiger partial charge in [0, 0.05) is 13.1 Å². The summed E-state index contributed by atoms with van der Waals surface area (Å²) in [5.74, 6) is -1.60. The molecule has 1 N–H and O–H groups in total. The maximum Gasteiger partial charge on any atom is 0.263 e. The first-order chi connectivity index (χ1) is 10.5. The van der Waals surface area contributed by atoms with Crippen LogP contribution in [0, 0.1) is 11.6 Å². The van der Waals surface area contributed by atoms with Crippen molar-refractivity contribution >= 4 is 17.2 Å². The van der Waals surface area contributed by atoms with Gasteiger partial charge in [0.1, 0.15) is 11.6 Å². The highest BCUT2D eigenvalue weighted by Gasteiger charge is 2.39. The number of hydrogen-bond donors (Lipinski definition) is 1. The van der Waals surface area contributed by atoms with Crippen LogP contribution in [0.4, 0.5) is 8.78 Å². The number of benzene rings is 1. The zero-order valence-corrected chi connectivity index (χ0v) is 12.6. The Morgan fingerprint density at radius 2 is 1.77 bits per heavy atom. The quantitative estimate of drug-likeness (QED) is 0.922. The van der Waals surface area contributed by atoms with Crippen LogP contribution in [0.1, 0.15) is 28.1 Å². The lowest BCUT2D eigenvalue weighted by Crippen LogP contribution is -2.45. The predicted molar refractivity (Wildman–Crippen MR) is 79.7 cm³/mol. The fraction of sp³-hybridized carbons (Fsp3) is 0.312. The second-order valence-electron chi connectivity index (χ2n) is 5.40. The molecule has 0 radical (unpaired) electrons. The smallest absolute Gasteiger partial charge is 0.263 e. The number of aliphatic hydroxyl groups is 1. The van der Waals surface area contributed by atoms with Crippen LogP contribution in [-0.4, -0.2) is 29.0 Å². The predicted octanol–water partition coefficient (Wildman–Crippen LogP) is 3.15. The van der Waals surface area contributed by atoms with Crippen LogP contribution in [-0.2, 0) is 5.60 Å². The first-order valence-corrected chi connectivity index (χ1v) is 7.89. The van der Waals surface area contributed by atoms with E-state index in [4.69, 9.17) is 0 Å². The molecule has 22 heavy (non-hydrogen) atoms. The summed E-state index contributed by atoms with van der Waals surface area (Å²) in [7, 11) is 0. The Balaban J connectivity index is 1.77. The monoisotopic (exact) mass is 323 g/mol. The van der Waals surface area contributed by atoms with E-state index < -0.39 is 17.2 Å². The van der Waals surface area contributed by atoms with E-state index in [0.717, 1.165) is 12.1 Å². The molecule has 1 aliphatic rings. The summed E-state index contributed by atoms with van der Waals surface area (Å²) in [6, 6.07) is 7.09. The number of nitrogens with zero attached hydrogens (tertiary/aromatic N) is 1. The Bertz CT molecular complexity index is 659. The molecular weight excluding hydrogens is 308 g/mol. The van der Waals surface area contributed by atoms with Crippen molar-refractivity contribution in [3.8, 4) is 0 Å². The average molecular weight is 323 g/mol. The number of halogens is 2. The van der Waals surface area contributed by atoms with Gasteiger partial charge < -0.3 is 10.0 Å². The molecule has 1 saturated heterocycles. The van der Waals surface area contributed by atoms with E-state index in [1.54, 1.807) is 17.0 Å². The zero-order chi connectivity index (χ0) is 15.7. The summed E-state index contributed by atoms with van der Waals surface area (Å²) >= 11 is 1.35. The summed E-state index contributed by atoms with van der Waals surface area (Å²) in [4.78, 5) is 14.5. The summed E-state index contributed by atoms with van der Waals surface area (Å²) in [5, 5.41) is 12.4. The number of thiophene rings is 1. The van der Waals surface area contributed by atoms with Gasteiger partial charge in [0.05, 0.1) is 16.0 Å². The Hall–Kier alpha value is -1.79. The van der Waals surface area contributed by atoms with Gasteiger partial charge in [-0.15, -0.1) is 11.3 Å². The highest BCUT2D eigenvalue weighted by atomic mass is 32.1. The number of piperidine rings is 1. The minimum Gasteiger partial charge on any atom is -0.385 e. The SMILES string of the molecule is O=C(c1cccs1)N1CCC(O)(c2c(F)cccc2F)CC1. The summed E-state index contributed by atoms with van der Waals surface area (Å²) in [6.07, 6.45) is 0.226. The molecular formula is C16H15F2NO2S. The van der Waals surface area contributed by atoms with Crippen molar-refractivity contribution in [2.45, 2.75) is 18.4 Å². The molecule has 3 nitrogen and oxygen atoms in total. The minimum absolute atomic E-state index is 0.106. The molecule has 6 heteroatoms. The number of hydrogen-bond acceptors (Lipinski definition) is 3. The van der Waals surface area contributed by atoms with E-state index in [0.29, 0.717) is 4.88 Å². The Labute approximate surface area is 130 Å². The van der Waals surface area contributed by atoms with Gasteiger partial charge in [-0.3, -0.25) is 4.79 Å². The van der Waals surface area contributed by atoms with E-state index in [9.17, 15) is 18.7 Å². The van der Waals surface area contributed by atoms with Crippen molar-refractivity contribution in [2.24, 2.45) is 0 Å². The number of carbonyl (C=O) groups excluding carboxylic acids is 1. The van der Waals surface area contributed by atoms with E-state index in [-0.39, 0.29) is 37.4 Å². The third kappa shape index (κ3) is 2.64. The molecule has 3 rings (SSSR count). The topological polar surface area (TPSA) is 40.5 Å². The fourth-order valence-electron chi connectivity index (χ4n) is 2.83. The van der Waals surface area contributed by atoms with Crippen LogP contribution < -0.4 is 0 Å². The molecule has 0 aliphatic carbocycles. The molecule has 0 atom stereocenters. The second-order valence-corrected chi connectivity index (χ2v) is 6.35. The molecule has 0 spiro atoms. The van der Waals surface area contributed by atoms with E-state index in [1.165, 1.54) is 17.4 Å². The van der Waals surface area contributed by atoms with E-state index in [1.807, 2.05) is 5.38 Å². The van der Waals surface area contributed by atoms with Crippen LogP contribution in [0.25, 0.3) is 0 Å². The normalized spacial score (nSPS) is 17.5. The van der Waals surface area contributed by atoms with Crippen molar-refractivity contribution in [3.63, 3.8) is 0 Å². The van der Waals surface area contributed by atoms with Gasteiger partial charge in [-0.1, -0.05) is 12.1 Å². The summed E-state index contributed by atoms with van der Waals surface area (Å²) < 4.78 is 27.8. The lowest BCUT2D eigenvalue weighted by molar-refractivity contribution is -0.0261. The number of likely N-dealkylation sites (tertiary alicyclic amines) is 1.